The molecule has 2 aromatic rings. The van der Waals surface area contributed by atoms with Crippen molar-refractivity contribution in [3.63, 3.8) is 0 Å². The molecule has 0 unspecified atom stereocenters. The van der Waals surface area contributed by atoms with Gasteiger partial charge in [0.2, 0.25) is 11.8 Å². The first-order chi connectivity index (χ1) is 11.9. The zero-order valence-electron chi connectivity index (χ0n) is 13.9. The van der Waals surface area contributed by atoms with Gasteiger partial charge >= 0.3 is 0 Å². The fourth-order valence-electron chi connectivity index (χ4n) is 2.03. The monoisotopic (exact) mass is 360 g/mol. The number of carbonyl (C=O) groups excluding carboxylic acids is 2. The Kier molecular flexibility index (Phi) is 6.18. The van der Waals surface area contributed by atoms with Crippen molar-refractivity contribution >= 4 is 46.6 Å². The number of rotatable bonds is 6. The van der Waals surface area contributed by atoms with E-state index in [-0.39, 0.29) is 23.5 Å². The van der Waals surface area contributed by atoms with Gasteiger partial charge in [0.15, 0.2) is 5.16 Å². The van der Waals surface area contributed by atoms with Crippen LogP contribution in [-0.4, -0.2) is 27.0 Å². The Morgan fingerprint density at radius 3 is 2.08 bits per heavy atom. The number of aromatic nitrogens is 2. The van der Waals surface area contributed by atoms with Crippen LogP contribution in [0.1, 0.15) is 20.3 Å². The Bertz CT molecular complexity index is 745. The fourth-order valence-corrected chi connectivity index (χ4v) is 2.93. The Balaban J connectivity index is 2.02. The number of nitrogens with zero attached hydrogens (tertiary/aromatic N) is 2. The van der Waals surface area contributed by atoms with Gasteiger partial charge in [-0.25, -0.2) is 9.97 Å². The smallest absolute Gasteiger partial charge is 0.237 e. The quantitative estimate of drug-likeness (QED) is 0.457. The van der Waals surface area contributed by atoms with Gasteiger partial charge in [0.25, 0.3) is 0 Å². The first kappa shape index (κ1) is 18.5. The minimum atomic E-state index is -0.392. The lowest BCUT2D eigenvalue weighted by molar-refractivity contribution is -0.116. The third-order valence-corrected chi connectivity index (χ3v) is 4.35. The van der Waals surface area contributed by atoms with Crippen molar-refractivity contribution < 1.29 is 9.59 Å². The number of anilines is 4. The van der Waals surface area contributed by atoms with Gasteiger partial charge in [0.05, 0.1) is 5.25 Å². The van der Waals surface area contributed by atoms with Crippen LogP contribution in [0.5, 0.6) is 0 Å². The van der Waals surface area contributed by atoms with Crippen LogP contribution in [0.25, 0.3) is 0 Å². The molecule has 8 nitrogen and oxygen atoms in total. The second-order valence-corrected chi connectivity index (χ2v) is 6.43. The number of hydrogen-bond donors (Lipinski definition) is 4. The third kappa shape index (κ3) is 5.64. The van der Waals surface area contributed by atoms with Crippen molar-refractivity contribution in [2.75, 3.05) is 22.1 Å². The maximum absolute atomic E-state index is 12.5. The number of hydrogen-bond acceptors (Lipinski definition) is 7. The van der Waals surface area contributed by atoms with E-state index >= 15 is 0 Å². The number of benzene rings is 1. The van der Waals surface area contributed by atoms with Crippen molar-refractivity contribution in [1.29, 1.82) is 0 Å². The van der Waals surface area contributed by atoms with E-state index in [0.29, 0.717) is 23.0 Å². The maximum Gasteiger partial charge on any atom is 0.237 e. The summed E-state index contributed by atoms with van der Waals surface area (Å²) in [5.41, 5.74) is 12.6. The topological polar surface area (TPSA) is 136 Å². The minimum Gasteiger partial charge on any atom is -0.383 e. The summed E-state index contributed by atoms with van der Waals surface area (Å²) in [5, 5.41) is 5.47. The number of amides is 2. The van der Waals surface area contributed by atoms with Crippen LogP contribution in [0.3, 0.4) is 0 Å². The average Bonchev–Trinajstić information content (AvgIpc) is 2.53. The van der Waals surface area contributed by atoms with E-state index < -0.39 is 5.25 Å². The van der Waals surface area contributed by atoms with Gasteiger partial charge in [0.1, 0.15) is 11.6 Å². The van der Waals surface area contributed by atoms with E-state index in [1.165, 1.54) is 24.8 Å². The molecule has 9 heteroatoms. The Hall–Kier alpha value is -2.81. The molecule has 1 aromatic heterocycles. The minimum absolute atomic E-state index is 0.152. The van der Waals surface area contributed by atoms with E-state index in [1.807, 2.05) is 6.92 Å². The molecular formula is C16H20N6O2S. The molecule has 0 radical (unpaired) electrons. The molecule has 2 amide bonds. The molecule has 1 aromatic carbocycles. The van der Waals surface area contributed by atoms with Crippen molar-refractivity contribution in [3.05, 3.63) is 30.3 Å². The van der Waals surface area contributed by atoms with Crippen molar-refractivity contribution in [3.8, 4) is 0 Å². The van der Waals surface area contributed by atoms with Gasteiger partial charge in [0, 0.05) is 24.4 Å². The highest BCUT2D eigenvalue weighted by molar-refractivity contribution is 8.00. The normalized spacial score (nSPS) is 11.6. The van der Waals surface area contributed by atoms with Crippen LogP contribution < -0.4 is 22.1 Å². The summed E-state index contributed by atoms with van der Waals surface area (Å²) in [5.74, 6) is 0.197. The molecule has 1 atom stereocenters. The predicted molar refractivity (Wildman–Crippen MR) is 100 cm³/mol. The van der Waals surface area contributed by atoms with Gasteiger partial charge in [-0.15, -0.1) is 0 Å². The number of nitrogen functional groups attached to an aromatic ring is 2. The Morgan fingerprint density at radius 2 is 1.60 bits per heavy atom. The highest BCUT2D eigenvalue weighted by Gasteiger charge is 2.20. The van der Waals surface area contributed by atoms with Crippen molar-refractivity contribution in [1.82, 2.24) is 9.97 Å². The molecule has 6 N–H and O–H groups in total. The lowest BCUT2D eigenvalue weighted by atomic mass is 10.2. The van der Waals surface area contributed by atoms with Crippen LogP contribution >= 0.6 is 11.8 Å². The van der Waals surface area contributed by atoms with Crippen molar-refractivity contribution in [2.24, 2.45) is 0 Å². The SMILES string of the molecule is CC[C@H](Sc1nc(N)cc(N)n1)C(=O)Nc1ccc(NC(C)=O)cc1. The summed E-state index contributed by atoms with van der Waals surface area (Å²) >= 11 is 1.20. The fraction of sp³-hybridized carbons (Fsp3) is 0.250. The summed E-state index contributed by atoms with van der Waals surface area (Å²) in [6.07, 6.45) is 0.582. The summed E-state index contributed by atoms with van der Waals surface area (Å²) in [4.78, 5) is 31.6. The molecule has 25 heavy (non-hydrogen) atoms. The van der Waals surface area contributed by atoms with Crippen LogP contribution in [0.2, 0.25) is 0 Å². The molecule has 2 rings (SSSR count). The molecule has 0 aliphatic rings. The second kappa shape index (κ2) is 8.34. The zero-order chi connectivity index (χ0) is 18.4. The molecule has 0 aliphatic heterocycles. The van der Waals surface area contributed by atoms with Crippen molar-refractivity contribution in [2.45, 2.75) is 30.7 Å². The van der Waals surface area contributed by atoms with Gasteiger partial charge < -0.3 is 22.1 Å². The van der Waals surface area contributed by atoms with E-state index in [2.05, 4.69) is 20.6 Å². The van der Waals surface area contributed by atoms with Crippen LogP contribution in [-0.2, 0) is 9.59 Å². The number of thioether (sulfide) groups is 1. The highest BCUT2D eigenvalue weighted by Crippen LogP contribution is 2.25. The molecule has 132 valence electrons. The van der Waals surface area contributed by atoms with Crippen LogP contribution in [0.4, 0.5) is 23.0 Å². The molecule has 1 heterocycles. The molecule has 0 bridgehead atoms. The maximum atomic E-state index is 12.5. The second-order valence-electron chi connectivity index (χ2n) is 5.26. The zero-order valence-corrected chi connectivity index (χ0v) is 14.8. The van der Waals surface area contributed by atoms with E-state index in [0.717, 1.165) is 0 Å². The standard InChI is InChI=1S/C16H20N6O2S/c1-3-12(25-16-21-13(17)8-14(18)22-16)15(24)20-11-6-4-10(5-7-11)19-9(2)23/h4-8,12H,3H2,1-2H3,(H,19,23)(H,20,24)(H4,17,18,21,22)/t12-/m0/s1. The molecule has 0 saturated heterocycles. The largest absolute Gasteiger partial charge is 0.383 e. The van der Waals surface area contributed by atoms with E-state index in [9.17, 15) is 9.59 Å². The summed E-state index contributed by atoms with van der Waals surface area (Å²) < 4.78 is 0. The molecule has 0 saturated carbocycles. The predicted octanol–water partition coefficient (Wildman–Crippen LogP) is 2.11. The first-order valence-corrected chi connectivity index (χ1v) is 8.50. The lowest BCUT2D eigenvalue weighted by Gasteiger charge is -2.14. The number of nitrogens with one attached hydrogen (secondary N) is 2. The summed E-state index contributed by atoms with van der Waals surface area (Å²) in [6.45, 7) is 3.33. The number of carbonyl (C=O) groups is 2. The van der Waals surface area contributed by atoms with Gasteiger partial charge in [-0.2, -0.15) is 0 Å². The average molecular weight is 360 g/mol. The van der Waals surface area contributed by atoms with E-state index in [1.54, 1.807) is 24.3 Å². The Labute approximate surface area is 149 Å². The summed E-state index contributed by atoms with van der Waals surface area (Å²) in [7, 11) is 0. The highest BCUT2D eigenvalue weighted by atomic mass is 32.2. The third-order valence-electron chi connectivity index (χ3n) is 3.13. The molecular weight excluding hydrogens is 340 g/mol. The van der Waals surface area contributed by atoms with Gasteiger partial charge in [-0.3, -0.25) is 9.59 Å². The van der Waals surface area contributed by atoms with Crippen LogP contribution in [0, 0.1) is 0 Å². The lowest BCUT2D eigenvalue weighted by Crippen LogP contribution is -2.25. The number of nitrogens with two attached hydrogens (primary N) is 2. The molecule has 0 aliphatic carbocycles. The van der Waals surface area contributed by atoms with Gasteiger partial charge in [-0.1, -0.05) is 18.7 Å². The van der Waals surface area contributed by atoms with E-state index in [4.69, 9.17) is 11.5 Å². The molecule has 0 spiro atoms. The summed E-state index contributed by atoms with van der Waals surface area (Å²) in [6, 6.07) is 8.33. The first-order valence-electron chi connectivity index (χ1n) is 7.62. The van der Waals surface area contributed by atoms with Gasteiger partial charge in [-0.05, 0) is 30.7 Å². The Morgan fingerprint density at radius 1 is 1.08 bits per heavy atom. The molecule has 0 fully saturated rings. The van der Waals surface area contributed by atoms with Crippen LogP contribution in [0.15, 0.2) is 35.5 Å².